The van der Waals surface area contributed by atoms with E-state index in [-0.39, 0.29) is 12.4 Å². The lowest BCUT2D eigenvalue weighted by molar-refractivity contribution is -0.120. The molecule has 0 bridgehead atoms. The number of rotatable bonds is 6. The molecule has 0 radical (unpaired) electrons. The van der Waals surface area contributed by atoms with Gasteiger partial charge in [0.05, 0.1) is 0 Å². The molecule has 4 N–H and O–H groups in total. The van der Waals surface area contributed by atoms with Crippen LogP contribution in [0.1, 0.15) is 0 Å². The van der Waals surface area contributed by atoms with Gasteiger partial charge in [-0.05, 0) is 66.2 Å². The third kappa shape index (κ3) is 4.84. The van der Waals surface area contributed by atoms with Crippen molar-refractivity contribution in [2.75, 3.05) is 0 Å². The molecule has 6 nitrogen and oxygen atoms in total. The molecule has 4 rings (SSSR count). The summed E-state index contributed by atoms with van der Waals surface area (Å²) < 4.78 is 21.4. The Morgan fingerprint density at radius 1 is 0.875 bits per heavy atom. The number of para-hydroxylation sites is 1. The van der Waals surface area contributed by atoms with E-state index in [1.807, 2.05) is 66.7 Å². The standard InChI is InChI=1S/C25H21FN4O2/c26-19-6-4-5-18(15-19)23-14-13-22(30(23)16-24(31)29-25(27)28)17-9-11-21(12-10-17)32-20-7-2-1-3-8-20/h1-15H,16H2,(H4,27,28,29,31). The minimum atomic E-state index is -0.448. The number of hydrogen-bond acceptors (Lipinski definition) is 3. The van der Waals surface area contributed by atoms with E-state index >= 15 is 0 Å². The minimum Gasteiger partial charge on any atom is -0.457 e. The number of carbonyl (C=O) groups excluding carboxylic acids is 1. The van der Waals surface area contributed by atoms with Crippen molar-refractivity contribution in [1.29, 1.82) is 5.41 Å². The van der Waals surface area contributed by atoms with Crippen LogP contribution in [0.2, 0.25) is 0 Å². The Bertz CT molecular complexity index is 1250. The number of benzene rings is 3. The van der Waals surface area contributed by atoms with Crippen LogP contribution >= 0.6 is 0 Å². The van der Waals surface area contributed by atoms with Crippen LogP contribution in [0.25, 0.3) is 22.5 Å². The Balaban J connectivity index is 1.68. The summed E-state index contributed by atoms with van der Waals surface area (Å²) >= 11 is 0. The average Bonchev–Trinajstić information content (AvgIpc) is 3.18. The Labute approximate surface area is 184 Å². The summed E-state index contributed by atoms with van der Waals surface area (Å²) in [6.45, 7) is -0.0873. The van der Waals surface area contributed by atoms with E-state index in [1.165, 1.54) is 12.1 Å². The fraction of sp³-hybridized carbons (Fsp3) is 0.0400. The zero-order chi connectivity index (χ0) is 22.5. The Morgan fingerprint density at radius 3 is 2.19 bits per heavy atom. The summed E-state index contributed by atoms with van der Waals surface area (Å²) in [5.74, 6) is 0.165. The quantitative estimate of drug-likeness (QED) is 0.305. The highest BCUT2D eigenvalue weighted by molar-refractivity contribution is 5.95. The van der Waals surface area contributed by atoms with Crippen molar-refractivity contribution in [1.82, 2.24) is 9.88 Å². The molecule has 0 aliphatic carbocycles. The van der Waals surface area contributed by atoms with Gasteiger partial charge in [0, 0.05) is 17.0 Å². The monoisotopic (exact) mass is 428 g/mol. The summed E-state index contributed by atoms with van der Waals surface area (Å²) in [7, 11) is 0. The molecule has 4 aromatic rings. The molecule has 1 aromatic heterocycles. The molecule has 0 atom stereocenters. The normalized spacial score (nSPS) is 10.5. The van der Waals surface area contributed by atoms with Gasteiger partial charge in [-0.3, -0.25) is 15.5 Å². The highest BCUT2D eigenvalue weighted by Gasteiger charge is 2.16. The van der Waals surface area contributed by atoms with Crippen molar-refractivity contribution < 1.29 is 13.9 Å². The van der Waals surface area contributed by atoms with Crippen molar-refractivity contribution in [3.63, 3.8) is 0 Å². The molecule has 7 heteroatoms. The van der Waals surface area contributed by atoms with Crippen LogP contribution in [0.5, 0.6) is 11.5 Å². The van der Waals surface area contributed by atoms with Gasteiger partial charge in [0.15, 0.2) is 5.96 Å². The zero-order valence-corrected chi connectivity index (χ0v) is 17.1. The smallest absolute Gasteiger partial charge is 0.246 e. The molecule has 3 aromatic carbocycles. The van der Waals surface area contributed by atoms with Crippen molar-refractivity contribution in [2.45, 2.75) is 6.54 Å². The fourth-order valence-corrected chi connectivity index (χ4v) is 3.44. The fourth-order valence-electron chi connectivity index (χ4n) is 3.44. The number of nitrogens with zero attached hydrogens (tertiary/aromatic N) is 1. The number of ether oxygens (including phenoxy) is 1. The summed E-state index contributed by atoms with van der Waals surface area (Å²) in [5, 5.41) is 9.60. The average molecular weight is 428 g/mol. The number of halogens is 1. The molecule has 0 aliphatic rings. The van der Waals surface area contributed by atoms with Crippen LogP contribution in [-0.4, -0.2) is 16.4 Å². The van der Waals surface area contributed by atoms with Gasteiger partial charge >= 0.3 is 0 Å². The van der Waals surface area contributed by atoms with Crippen LogP contribution in [0.15, 0.2) is 91.0 Å². The molecule has 1 amide bonds. The zero-order valence-electron chi connectivity index (χ0n) is 17.1. The van der Waals surface area contributed by atoms with Crippen LogP contribution in [-0.2, 0) is 11.3 Å². The van der Waals surface area contributed by atoms with E-state index in [4.69, 9.17) is 15.9 Å². The van der Waals surface area contributed by atoms with Crippen LogP contribution in [0.3, 0.4) is 0 Å². The van der Waals surface area contributed by atoms with Gasteiger partial charge in [-0.2, -0.15) is 0 Å². The molecule has 0 fully saturated rings. The highest BCUT2D eigenvalue weighted by Crippen LogP contribution is 2.31. The van der Waals surface area contributed by atoms with Crippen molar-refractivity contribution in [3.8, 4) is 34.0 Å². The van der Waals surface area contributed by atoms with Crippen LogP contribution < -0.4 is 15.8 Å². The van der Waals surface area contributed by atoms with Crippen molar-refractivity contribution in [3.05, 3.63) is 96.8 Å². The van der Waals surface area contributed by atoms with E-state index in [1.54, 1.807) is 16.7 Å². The summed E-state index contributed by atoms with van der Waals surface area (Å²) in [5.41, 5.74) is 8.21. The molecular weight excluding hydrogens is 407 g/mol. The molecule has 0 unspecified atom stereocenters. The van der Waals surface area contributed by atoms with E-state index in [2.05, 4.69) is 5.32 Å². The number of aromatic nitrogens is 1. The minimum absolute atomic E-state index is 0.0873. The molecule has 0 saturated carbocycles. The van der Waals surface area contributed by atoms with Crippen molar-refractivity contribution >= 4 is 11.9 Å². The lowest BCUT2D eigenvalue weighted by Crippen LogP contribution is -2.37. The topological polar surface area (TPSA) is 93.1 Å². The van der Waals surface area contributed by atoms with Gasteiger partial charge < -0.3 is 15.0 Å². The van der Waals surface area contributed by atoms with E-state index in [0.29, 0.717) is 17.0 Å². The van der Waals surface area contributed by atoms with E-state index in [0.717, 1.165) is 17.0 Å². The molecule has 1 heterocycles. The van der Waals surface area contributed by atoms with Gasteiger partial charge in [-0.1, -0.05) is 30.3 Å². The Morgan fingerprint density at radius 2 is 1.53 bits per heavy atom. The third-order valence-corrected chi connectivity index (χ3v) is 4.81. The van der Waals surface area contributed by atoms with Crippen LogP contribution in [0, 0.1) is 11.2 Å². The summed E-state index contributed by atoms with van der Waals surface area (Å²) in [4.78, 5) is 12.4. The molecule has 32 heavy (non-hydrogen) atoms. The maximum atomic E-state index is 13.8. The van der Waals surface area contributed by atoms with E-state index in [9.17, 15) is 9.18 Å². The lowest BCUT2D eigenvalue weighted by Gasteiger charge is -2.14. The number of amides is 1. The first kappa shape index (κ1) is 20.9. The Hall–Kier alpha value is -4.39. The van der Waals surface area contributed by atoms with Gasteiger partial charge in [0.25, 0.3) is 0 Å². The first-order valence-electron chi connectivity index (χ1n) is 9.92. The first-order valence-corrected chi connectivity index (χ1v) is 9.92. The second-order valence-electron chi connectivity index (χ2n) is 7.10. The molecule has 160 valence electrons. The second kappa shape index (κ2) is 9.18. The number of guanidine groups is 1. The van der Waals surface area contributed by atoms with Gasteiger partial charge in [0.2, 0.25) is 5.91 Å². The maximum Gasteiger partial charge on any atom is 0.246 e. The summed E-state index contributed by atoms with van der Waals surface area (Å²) in [6, 6.07) is 26.8. The maximum absolute atomic E-state index is 13.8. The highest BCUT2D eigenvalue weighted by atomic mass is 19.1. The molecule has 0 aliphatic heterocycles. The van der Waals surface area contributed by atoms with Gasteiger partial charge in [-0.15, -0.1) is 0 Å². The summed E-state index contributed by atoms with van der Waals surface area (Å²) in [6.07, 6.45) is 0. The largest absolute Gasteiger partial charge is 0.457 e. The molecule has 0 spiro atoms. The number of nitrogens with two attached hydrogens (primary N) is 1. The van der Waals surface area contributed by atoms with E-state index < -0.39 is 11.9 Å². The molecule has 0 saturated heterocycles. The SMILES string of the molecule is N=C(N)NC(=O)Cn1c(-c2ccc(Oc3ccccc3)cc2)ccc1-c1cccc(F)c1. The van der Waals surface area contributed by atoms with Gasteiger partial charge in [-0.25, -0.2) is 4.39 Å². The Kier molecular flexibility index (Phi) is 5.98. The lowest BCUT2D eigenvalue weighted by atomic mass is 10.1. The predicted molar refractivity (Wildman–Crippen MR) is 122 cm³/mol. The van der Waals surface area contributed by atoms with Crippen molar-refractivity contribution in [2.24, 2.45) is 5.73 Å². The van der Waals surface area contributed by atoms with Gasteiger partial charge in [0.1, 0.15) is 23.9 Å². The number of nitrogens with one attached hydrogen (secondary N) is 2. The number of hydrogen-bond donors (Lipinski definition) is 3. The second-order valence-corrected chi connectivity index (χ2v) is 7.10. The number of carbonyl (C=O) groups is 1. The predicted octanol–water partition coefficient (Wildman–Crippen LogP) is 4.76. The third-order valence-electron chi connectivity index (χ3n) is 4.81. The molecular formula is C25H21FN4O2. The van der Waals surface area contributed by atoms with Crippen LogP contribution in [0.4, 0.5) is 4.39 Å². The first-order chi connectivity index (χ1) is 15.5.